The Morgan fingerprint density at radius 3 is 2.86 bits per heavy atom. The van der Waals surface area contributed by atoms with Crippen molar-refractivity contribution in [3.8, 4) is 5.75 Å². The van der Waals surface area contributed by atoms with Crippen molar-refractivity contribution in [1.29, 1.82) is 0 Å². The van der Waals surface area contributed by atoms with E-state index in [2.05, 4.69) is 0 Å². The van der Waals surface area contributed by atoms with Gasteiger partial charge in [0, 0.05) is 18.3 Å². The lowest BCUT2D eigenvalue weighted by atomic mass is 10.1. The van der Waals surface area contributed by atoms with E-state index in [1.807, 2.05) is 0 Å². The molecule has 1 aromatic carbocycles. The summed E-state index contributed by atoms with van der Waals surface area (Å²) in [4.78, 5) is 12.8. The van der Waals surface area contributed by atoms with Crippen molar-refractivity contribution in [2.24, 2.45) is 0 Å². The maximum absolute atomic E-state index is 11.4. The first kappa shape index (κ1) is 9.02. The second-order valence-electron chi connectivity index (χ2n) is 3.22. The lowest BCUT2D eigenvalue weighted by molar-refractivity contribution is -0.125. The van der Waals surface area contributed by atoms with Gasteiger partial charge >= 0.3 is 0 Å². The van der Waals surface area contributed by atoms with Gasteiger partial charge in [0.15, 0.2) is 6.10 Å². The van der Waals surface area contributed by atoms with E-state index >= 15 is 0 Å². The number of carbonyl (C=O) groups is 1. The molecular weight excluding hydrogens is 182 g/mol. The van der Waals surface area contributed by atoms with E-state index in [9.17, 15) is 9.90 Å². The number of amides is 1. The Morgan fingerprint density at radius 1 is 1.50 bits per heavy atom. The molecule has 74 valence electrons. The first-order valence-electron chi connectivity index (χ1n) is 4.28. The molecule has 1 aliphatic heterocycles. The van der Waals surface area contributed by atoms with E-state index in [0.29, 0.717) is 11.3 Å². The summed E-state index contributed by atoms with van der Waals surface area (Å²) in [5.74, 6) is 0.346. The van der Waals surface area contributed by atoms with Gasteiger partial charge < -0.3 is 14.7 Å². The second kappa shape index (κ2) is 2.99. The van der Waals surface area contributed by atoms with Crippen molar-refractivity contribution in [3.05, 3.63) is 23.8 Å². The summed E-state index contributed by atoms with van der Waals surface area (Å²) < 4.78 is 5.02. The zero-order valence-corrected chi connectivity index (χ0v) is 8.02. The molecule has 14 heavy (non-hydrogen) atoms. The molecule has 2 rings (SSSR count). The molecule has 1 amide bonds. The first-order chi connectivity index (χ1) is 6.65. The highest BCUT2D eigenvalue weighted by atomic mass is 16.5. The van der Waals surface area contributed by atoms with E-state index in [1.165, 1.54) is 4.90 Å². The highest BCUT2D eigenvalue weighted by molar-refractivity contribution is 6.03. The standard InChI is InChI=1S/C10H11NO3/c1-11-8-4-3-6(14-2)5-7(8)9(12)10(11)13/h3-5,9,12H,1-2H3. The molecule has 1 heterocycles. The fourth-order valence-electron chi connectivity index (χ4n) is 1.62. The summed E-state index contributed by atoms with van der Waals surface area (Å²) in [5.41, 5.74) is 1.35. The number of benzene rings is 1. The van der Waals surface area contributed by atoms with Gasteiger partial charge in [-0.1, -0.05) is 0 Å². The summed E-state index contributed by atoms with van der Waals surface area (Å²) >= 11 is 0. The minimum absolute atomic E-state index is 0.298. The van der Waals surface area contributed by atoms with Gasteiger partial charge in [0.25, 0.3) is 5.91 Å². The average molecular weight is 193 g/mol. The molecule has 0 bridgehead atoms. The molecule has 1 aliphatic rings. The van der Waals surface area contributed by atoms with Gasteiger partial charge in [0.1, 0.15) is 5.75 Å². The molecule has 4 heteroatoms. The molecule has 1 aromatic rings. The Balaban J connectivity index is 2.53. The molecule has 1 N–H and O–H groups in total. The molecule has 0 spiro atoms. The Hall–Kier alpha value is -1.55. The van der Waals surface area contributed by atoms with E-state index in [0.717, 1.165) is 5.69 Å². The number of aliphatic hydroxyl groups is 1. The van der Waals surface area contributed by atoms with Crippen LogP contribution in [0.4, 0.5) is 5.69 Å². The van der Waals surface area contributed by atoms with Gasteiger partial charge in [-0.15, -0.1) is 0 Å². The zero-order chi connectivity index (χ0) is 10.3. The molecule has 4 nitrogen and oxygen atoms in total. The van der Waals surface area contributed by atoms with Crippen molar-refractivity contribution in [3.63, 3.8) is 0 Å². The van der Waals surface area contributed by atoms with Crippen LogP contribution in [-0.4, -0.2) is 25.2 Å². The number of likely N-dealkylation sites (N-methyl/N-ethyl adjacent to an activating group) is 1. The van der Waals surface area contributed by atoms with Gasteiger partial charge in [-0.25, -0.2) is 0 Å². The summed E-state index contributed by atoms with van der Waals surface area (Å²) in [7, 11) is 3.19. The minimum atomic E-state index is -1.05. The van der Waals surface area contributed by atoms with Crippen LogP contribution in [0, 0.1) is 0 Å². The summed E-state index contributed by atoms with van der Waals surface area (Å²) in [6, 6.07) is 5.21. The second-order valence-corrected chi connectivity index (χ2v) is 3.22. The number of hydrogen-bond donors (Lipinski definition) is 1. The van der Waals surface area contributed by atoms with Crippen LogP contribution in [0.5, 0.6) is 5.75 Å². The predicted octanol–water partition coefficient (Wildman–Crippen LogP) is 0.705. The van der Waals surface area contributed by atoms with Crippen LogP contribution in [-0.2, 0) is 4.79 Å². The third-order valence-corrected chi connectivity index (χ3v) is 2.46. The summed E-state index contributed by atoms with van der Waals surface area (Å²) in [6.07, 6.45) is -1.05. The number of methoxy groups -OCH3 is 1. The Kier molecular flexibility index (Phi) is 1.93. The molecule has 0 radical (unpaired) electrons. The highest BCUT2D eigenvalue weighted by Gasteiger charge is 2.33. The number of hydrogen-bond acceptors (Lipinski definition) is 3. The number of fused-ring (bicyclic) bond motifs is 1. The number of aliphatic hydroxyl groups excluding tert-OH is 1. The molecule has 1 atom stereocenters. The van der Waals surface area contributed by atoms with Crippen molar-refractivity contribution >= 4 is 11.6 Å². The monoisotopic (exact) mass is 193 g/mol. The predicted molar refractivity (Wildman–Crippen MR) is 51.4 cm³/mol. The quantitative estimate of drug-likeness (QED) is 0.714. The Labute approximate surface area is 81.7 Å². The van der Waals surface area contributed by atoms with Gasteiger partial charge in [0.05, 0.1) is 7.11 Å². The van der Waals surface area contributed by atoms with Gasteiger partial charge in [-0.3, -0.25) is 4.79 Å². The third kappa shape index (κ3) is 1.08. The topological polar surface area (TPSA) is 49.8 Å². The van der Waals surface area contributed by atoms with Crippen molar-refractivity contribution < 1.29 is 14.6 Å². The number of carbonyl (C=O) groups excluding carboxylic acids is 1. The number of rotatable bonds is 1. The van der Waals surface area contributed by atoms with Crippen LogP contribution >= 0.6 is 0 Å². The highest BCUT2D eigenvalue weighted by Crippen LogP contribution is 2.36. The smallest absolute Gasteiger partial charge is 0.260 e. The third-order valence-electron chi connectivity index (χ3n) is 2.46. The van der Waals surface area contributed by atoms with Crippen molar-refractivity contribution in [2.45, 2.75) is 6.10 Å². The van der Waals surface area contributed by atoms with Crippen LogP contribution in [0.25, 0.3) is 0 Å². The largest absolute Gasteiger partial charge is 0.497 e. The van der Waals surface area contributed by atoms with Crippen molar-refractivity contribution in [1.82, 2.24) is 0 Å². The molecule has 0 aromatic heterocycles. The molecule has 0 saturated heterocycles. The van der Waals surface area contributed by atoms with Crippen molar-refractivity contribution in [2.75, 3.05) is 19.1 Å². The van der Waals surface area contributed by atoms with Crippen LogP contribution in [0.1, 0.15) is 11.7 Å². The molecule has 1 unspecified atom stereocenters. The van der Waals surface area contributed by atoms with Crippen LogP contribution in [0.3, 0.4) is 0 Å². The fraction of sp³-hybridized carbons (Fsp3) is 0.300. The van der Waals surface area contributed by atoms with Crippen LogP contribution in [0.2, 0.25) is 0 Å². The number of anilines is 1. The Bertz CT molecular complexity index is 389. The van der Waals surface area contributed by atoms with E-state index in [4.69, 9.17) is 4.74 Å². The van der Waals surface area contributed by atoms with Gasteiger partial charge in [0.2, 0.25) is 0 Å². The Morgan fingerprint density at radius 2 is 2.21 bits per heavy atom. The van der Waals surface area contributed by atoms with Gasteiger partial charge in [-0.2, -0.15) is 0 Å². The maximum atomic E-state index is 11.4. The van der Waals surface area contributed by atoms with E-state index in [-0.39, 0.29) is 5.91 Å². The summed E-state index contributed by atoms with van der Waals surface area (Å²) in [6.45, 7) is 0. The van der Waals surface area contributed by atoms with Crippen LogP contribution in [0.15, 0.2) is 18.2 Å². The number of nitrogens with zero attached hydrogens (tertiary/aromatic N) is 1. The average Bonchev–Trinajstić information content (AvgIpc) is 2.44. The van der Waals surface area contributed by atoms with E-state index in [1.54, 1.807) is 32.4 Å². The normalized spacial score (nSPS) is 19.8. The number of ether oxygens (including phenoxy) is 1. The first-order valence-corrected chi connectivity index (χ1v) is 4.28. The lowest BCUT2D eigenvalue weighted by Gasteiger charge is -2.09. The molecule has 0 fully saturated rings. The zero-order valence-electron chi connectivity index (χ0n) is 8.02. The van der Waals surface area contributed by atoms with E-state index < -0.39 is 6.10 Å². The molecule has 0 saturated carbocycles. The molecule has 0 aliphatic carbocycles. The van der Waals surface area contributed by atoms with Gasteiger partial charge in [-0.05, 0) is 18.2 Å². The summed E-state index contributed by atoms with van der Waals surface area (Å²) in [5, 5.41) is 9.59. The SMILES string of the molecule is COc1ccc2c(c1)C(O)C(=O)N2C. The fourth-order valence-corrected chi connectivity index (χ4v) is 1.62. The lowest BCUT2D eigenvalue weighted by Crippen LogP contribution is -2.23. The van der Waals surface area contributed by atoms with Crippen LogP contribution < -0.4 is 9.64 Å². The molecular formula is C10H11NO3. The minimum Gasteiger partial charge on any atom is -0.497 e. The maximum Gasteiger partial charge on any atom is 0.260 e.